The van der Waals surface area contributed by atoms with Gasteiger partial charge in [-0.2, -0.15) is 10.5 Å². The van der Waals surface area contributed by atoms with Gasteiger partial charge in [0.05, 0.1) is 23.6 Å². The van der Waals surface area contributed by atoms with Crippen LogP contribution in [0.3, 0.4) is 0 Å². The van der Waals surface area contributed by atoms with Crippen molar-refractivity contribution in [1.29, 1.82) is 10.5 Å². The summed E-state index contributed by atoms with van der Waals surface area (Å²) >= 11 is 0. The van der Waals surface area contributed by atoms with E-state index >= 15 is 0 Å². The largest absolute Gasteiger partial charge is 0.197 e. The molecule has 0 fully saturated rings. The second-order valence-electron chi connectivity index (χ2n) is 2.13. The number of nitrogens with zero attached hydrogens (tertiary/aromatic N) is 2. The van der Waals surface area contributed by atoms with Crippen molar-refractivity contribution in [3.63, 3.8) is 0 Å². The van der Waals surface area contributed by atoms with Crippen molar-refractivity contribution in [3.8, 4) is 12.1 Å². The van der Waals surface area contributed by atoms with Gasteiger partial charge < -0.3 is 0 Å². The van der Waals surface area contributed by atoms with Crippen LogP contribution in [0, 0.1) is 28.6 Å². The molecule has 1 aliphatic rings. The second kappa shape index (κ2) is 3.39. The Bertz CT molecular complexity index is 307. The first-order valence-electron chi connectivity index (χ1n) is 3.23. The first-order valence-corrected chi connectivity index (χ1v) is 3.23. The third kappa shape index (κ3) is 1.81. The molecule has 2 heteroatoms. The SMILES string of the molecule is N#CC1=CC=CC(C#N)C=C1. The smallest absolute Gasteiger partial charge is 0.0991 e. The lowest BCUT2D eigenvalue weighted by molar-refractivity contribution is 1.08. The molecule has 11 heavy (non-hydrogen) atoms. The Labute approximate surface area is 65.4 Å². The molecule has 1 aliphatic carbocycles. The van der Waals surface area contributed by atoms with E-state index < -0.39 is 0 Å². The summed E-state index contributed by atoms with van der Waals surface area (Å²) in [5.41, 5.74) is 0.582. The third-order valence-electron chi connectivity index (χ3n) is 1.36. The van der Waals surface area contributed by atoms with E-state index in [1.807, 2.05) is 6.07 Å². The standard InChI is InChI=1S/C9H6N2/c10-6-8-2-1-3-9(7-11)5-4-8/h1-5,8H. The third-order valence-corrected chi connectivity index (χ3v) is 1.36. The lowest BCUT2D eigenvalue weighted by Gasteiger charge is -1.87. The van der Waals surface area contributed by atoms with Gasteiger partial charge >= 0.3 is 0 Å². The summed E-state index contributed by atoms with van der Waals surface area (Å²) in [6, 6.07) is 4.07. The molecule has 0 saturated heterocycles. The Morgan fingerprint density at radius 3 is 2.73 bits per heavy atom. The Morgan fingerprint density at radius 2 is 2.09 bits per heavy atom. The molecule has 0 amide bonds. The highest BCUT2D eigenvalue weighted by atomic mass is 14.3. The maximum Gasteiger partial charge on any atom is 0.0991 e. The molecule has 1 unspecified atom stereocenters. The van der Waals surface area contributed by atoms with Gasteiger partial charge in [-0.25, -0.2) is 0 Å². The van der Waals surface area contributed by atoms with Crippen molar-refractivity contribution in [2.45, 2.75) is 0 Å². The number of allylic oxidation sites excluding steroid dienone is 6. The van der Waals surface area contributed by atoms with E-state index in [0.717, 1.165) is 0 Å². The van der Waals surface area contributed by atoms with Crippen LogP contribution in [0.2, 0.25) is 0 Å². The van der Waals surface area contributed by atoms with Gasteiger partial charge in [-0.05, 0) is 12.2 Å². The fourth-order valence-electron chi connectivity index (χ4n) is 0.767. The summed E-state index contributed by atoms with van der Waals surface area (Å²) in [5, 5.41) is 17.0. The van der Waals surface area contributed by atoms with Crippen molar-refractivity contribution in [1.82, 2.24) is 0 Å². The minimum absolute atomic E-state index is 0.197. The van der Waals surface area contributed by atoms with Gasteiger partial charge in [-0.15, -0.1) is 0 Å². The Morgan fingerprint density at radius 1 is 1.27 bits per heavy atom. The Kier molecular flexibility index (Phi) is 2.25. The highest BCUT2D eigenvalue weighted by molar-refractivity contribution is 5.39. The minimum Gasteiger partial charge on any atom is -0.197 e. The van der Waals surface area contributed by atoms with Gasteiger partial charge in [0.2, 0.25) is 0 Å². The monoisotopic (exact) mass is 142 g/mol. The molecule has 0 aromatic heterocycles. The van der Waals surface area contributed by atoms with Crippen molar-refractivity contribution in [2.24, 2.45) is 5.92 Å². The van der Waals surface area contributed by atoms with Crippen LogP contribution in [0.15, 0.2) is 36.0 Å². The summed E-state index contributed by atoms with van der Waals surface area (Å²) in [6.07, 6.45) is 8.54. The molecule has 0 heterocycles. The van der Waals surface area contributed by atoms with Gasteiger partial charge in [-0.1, -0.05) is 18.2 Å². The molecule has 0 saturated carbocycles. The molecule has 0 aliphatic heterocycles. The van der Waals surface area contributed by atoms with Crippen molar-refractivity contribution >= 4 is 0 Å². The maximum absolute atomic E-state index is 8.52. The van der Waals surface area contributed by atoms with Crippen molar-refractivity contribution < 1.29 is 0 Å². The maximum atomic E-state index is 8.52. The highest BCUT2D eigenvalue weighted by Crippen LogP contribution is 2.07. The summed E-state index contributed by atoms with van der Waals surface area (Å²) in [5.74, 6) is -0.197. The molecule has 0 bridgehead atoms. The lowest BCUT2D eigenvalue weighted by atomic mass is 10.1. The van der Waals surface area contributed by atoms with Gasteiger partial charge in [-0.3, -0.25) is 0 Å². The Hall–Kier alpha value is -1.80. The number of hydrogen-bond donors (Lipinski definition) is 0. The molecule has 2 nitrogen and oxygen atoms in total. The van der Waals surface area contributed by atoms with E-state index in [1.165, 1.54) is 0 Å². The molecule has 0 aromatic rings. The minimum atomic E-state index is -0.197. The molecular weight excluding hydrogens is 136 g/mol. The zero-order valence-corrected chi connectivity index (χ0v) is 5.86. The summed E-state index contributed by atoms with van der Waals surface area (Å²) < 4.78 is 0. The van der Waals surface area contributed by atoms with Crippen LogP contribution in [0.25, 0.3) is 0 Å². The number of hydrogen-bond acceptors (Lipinski definition) is 2. The molecule has 0 spiro atoms. The first-order chi connectivity index (χ1) is 5.36. The van der Waals surface area contributed by atoms with Crippen LogP contribution in [0.4, 0.5) is 0 Å². The highest BCUT2D eigenvalue weighted by Gasteiger charge is 1.98. The van der Waals surface area contributed by atoms with E-state index in [4.69, 9.17) is 10.5 Å². The Balaban J connectivity index is 2.86. The van der Waals surface area contributed by atoms with E-state index in [2.05, 4.69) is 6.07 Å². The second-order valence-corrected chi connectivity index (χ2v) is 2.13. The van der Waals surface area contributed by atoms with Gasteiger partial charge in [0.15, 0.2) is 0 Å². The average Bonchev–Trinajstić information content (AvgIpc) is 2.28. The quantitative estimate of drug-likeness (QED) is 0.516. The topological polar surface area (TPSA) is 47.6 Å². The predicted molar refractivity (Wildman–Crippen MR) is 41.1 cm³/mol. The molecule has 1 atom stereocenters. The van der Waals surface area contributed by atoms with Gasteiger partial charge in [0.25, 0.3) is 0 Å². The summed E-state index contributed by atoms with van der Waals surface area (Å²) in [4.78, 5) is 0. The van der Waals surface area contributed by atoms with E-state index in [-0.39, 0.29) is 5.92 Å². The van der Waals surface area contributed by atoms with E-state index in [9.17, 15) is 0 Å². The van der Waals surface area contributed by atoms with Crippen LogP contribution >= 0.6 is 0 Å². The van der Waals surface area contributed by atoms with Crippen LogP contribution in [-0.4, -0.2) is 0 Å². The number of rotatable bonds is 0. The first kappa shape index (κ1) is 7.31. The molecular formula is C9H6N2. The molecule has 0 aromatic carbocycles. The molecule has 52 valence electrons. The molecule has 0 radical (unpaired) electrons. The van der Waals surface area contributed by atoms with E-state index in [0.29, 0.717) is 5.57 Å². The fraction of sp³-hybridized carbons (Fsp3) is 0.111. The zero-order valence-electron chi connectivity index (χ0n) is 5.86. The summed E-state index contributed by atoms with van der Waals surface area (Å²) in [6.45, 7) is 0. The normalized spacial score (nSPS) is 21.3. The van der Waals surface area contributed by atoms with Crippen molar-refractivity contribution in [2.75, 3.05) is 0 Å². The van der Waals surface area contributed by atoms with Crippen LogP contribution < -0.4 is 0 Å². The molecule has 0 N–H and O–H groups in total. The lowest BCUT2D eigenvalue weighted by Crippen LogP contribution is -1.82. The predicted octanol–water partition coefficient (Wildman–Crippen LogP) is 1.70. The fourth-order valence-corrected chi connectivity index (χ4v) is 0.767. The average molecular weight is 142 g/mol. The van der Waals surface area contributed by atoms with Crippen molar-refractivity contribution in [3.05, 3.63) is 36.0 Å². The van der Waals surface area contributed by atoms with Gasteiger partial charge in [0, 0.05) is 0 Å². The number of nitriles is 2. The van der Waals surface area contributed by atoms with Crippen LogP contribution in [0.5, 0.6) is 0 Å². The van der Waals surface area contributed by atoms with Crippen LogP contribution in [-0.2, 0) is 0 Å². The summed E-state index contributed by atoms with van der Waals surface area (Å²) in [7, 11) is 0. The van der Waals surface area contributed by atoms with Crippen LogP contribution in [0.1, 0.15) is 0 Å². The van der Waals surface area contributed by atoms with Gasteiger partial charge in [0.1, 0.15) is 0 Å². The molecule has 1 rings (SSSR count). The van der Waals surface area contributed by atoms with E-state index in [1.54, 1.807) is 30.4 Å². The zero-order chi connectivity index (χ0) is 8.10.